The molecule has 3 N–H and O–H groups in total. The summed E-state index contributed by atoms with van der Waals surface area (Å²) in [6, 6.07) is 2.37. The zero-order valence-electron chi connectivity index (χ0n) is 17.0. The number of aliphatic imine (C=N–C) groups is 1. The lowest BCUT2D eigenvalue weighted by Gasteiger charge is -2.33. The summed E-state index contributed by atoms with van der Waals surface area (Å²) >= 11 is 7.73. The lowest BCUT2D eigenvalue weighted by Crippen LogP contribution is -2.46. The van der Waals surface area contributed by atoms with Gasteiger partial charge in [-0.3, -0.25) is 4.99 Å². The predicted octanol–water partition coefficient (Wildman–Crippen LogP) is 2.53. The Bertz CT molecular complexity index is 1200. The number of thiazole rings is 1. The number of nitrogens with one attached hydrogen (secondary N) is 1. The first-order valence-electron chi connectivity index (χ1n) is 9.77. The Balaban J connectivity index is 1.83. The van der Waals surface area contributed by atoms with Crippen LogP contribution in [0, 0.1) is 17.7 Å². The van der Waals surface area contributed by atoms with Crippen molar-refractivity contribution < 1.29 is 24.1 Å². The minimum atomic E-state index is -1.04. The van der Waals surface area contributed by atoms with Crippen LogP contribution < -0.4 is 5.32 Å². The molecule has 0 spiro atoms. The number of nitrogens with zero attached hydrogens (tertiary/aromatic N) is 3. The van der Waals surface area contributed by atoms with Crippen LogP contribution in [-0.4, -0.2) is 57.7 Å². The van der Waals surface area contributed by atoms with Crippen LogP contribution in [0.5, 0.6) is 0 Å². The number of carboxylic acids is 1. The molecule has 1 unspecified atom stereocenters. The fourth-order valence-corrected chi connectivity index (χ4v) is 4.29. The zero-order valence-corrected chi connectivity index (χ0v) is 18.6. The molecule has 11 heteroatoms. The van der Waals surface area contributed by atoms with E-state index < -0.39 is 23.9 Å². The minimum Gasteiger partial charge on any atom is -0.497 e. The van der Waals surface area contributed by atoms with Gasteiger partial charge in [0.1, 0.15) is 25.1 Å². The van der Waals surface area contributed by atoms with E-state index >= 15 is 0 Å². The summed E-state index contributed by atoms with van der Waals surface area (Å²) in [5.74, 6) is 4.48. The topological polar surface area (TPSA) is 107 Å². The number of aromatic nitrogens is 1. The van der Waals surface area contributed by atoms with Crippen LogP contribution >= 0.6 is 22.9 Å². The summed E-state index contributed by atoms with van der Waals surface area (Å²) in [6.45, 7) is -0.275. The van der Waals surface area contributed by atoms with E-state index in [9.17, 15) is 19.4 Å². The number of aliphatic hydroxyl groups is 1. The lowest BCUT2D eigenvalue weighted by molar-refractivity contribution is -0.144. The van der Waals surface area contributed by atoms with Crippen LogP contribution in [0.3, 0.4) is 0 Å². The van der Waals surface area contributed by atoms with E-state index in [0.717, 1.165) is 0 Å². The number of hydrogen-bond donors (Lipinski definition) is 3. The van der Waals surface area contributed by atoms with Crippen molar-refractivity contribution >= 4 is 34.7 Å². The average Bonchev–Trinajstić information content (AvgIpc) is 3.33. The summed E-state index contributed by atoms with van der Waals surface area (Å²) < 4.78 is 18.9. The molecule has 33 heavy (non-hydrogen) atoms. The number of aliphatic hydroxyl groups excluding tert-OH is 1. The van der Waals surface area contributed by atoms with Crippen molar-refractivity contribution in [1.82, 2.24) is 15.2 Å². The van der Waals surface area contributed by atoms with Gasteiger partial charge in [-0.05, 0) is 12.1 Å². The summed E-state index contributed by atoms with van der Waals surface area (Å²) in [4.78, 5) is 22.4. The Labute approximate surface area is 197 Å². The number of carboxylic acid groups (broad SMARTS) is 1. The van der Waals surface area contributed by atoms with E-state index in [4.69, 9.17) is 21.3 Å². The molecular formula is C22H18ClFN4O4S. The molecular weight excluding hydrogens is 471 g/mol. The molecule has 0 fully saturated rings. The van der Waals surface area contributed by atoms with Gasteiger partial charge in [-0.2, -0.15) is 0 Å². The number of halogens is 2. The van der Waals surface area contributed by atoms with Gasteiger partial charge in [-0.15, -0.1) is 11.3 Å². The normalized spacial score (nSPS) is 19.8. The van der Waals surface area contributed by atoms with Crippen LogP contribution in [0.15, 0.2) is 58.5 Å². The number of aliphatic carboxylic acids is 1. The van der Waals surface area contributed by atoms with Gasteiger partial charge in [0.05, 0.1) is 24.1 Å². The van der Waals surface area contributed by atoms with Crippen LogP contribution in [0.1, 0.15) is 16.6 Å². The Morgan fingerprint density at radius 3 is 3.00 bits per heavy atom. The molecule has 0 radical (unpaired) electrons. The van der Waals surface area contributed by atoms with Crippen molar-refractivity contribution in [2.45, 2.75) is 12.1 Å². The fourth-order valence-electron chi connectivity index (χ4n) is 3.43. The molecule has 8 nitrogen and oxygen atoms in total. The highest BCUT2D eigenvalue weighted by molar-refractivity contribution is 7.11. The molecule has 170 valence electrons. The maximum Gasteiger partial charge on any atom is 0.329 e. The van der Waals surface area contributed by atoms with Crippen molar-refractivity contribution in [2.75, 3.05) is 19.8 Å². The highest BCUT2D eigenvalue weighted by Crippen LogP contribution is 2.36. The van der Waals surface area contributed by atoms with E-state index in [1.165, 1.54) is 35.8 Å². The molecule has 3 heterocycles. The van der Waals surface area contributed by atoms with Crippen LogP contribution in [0.25, 0.3) is 0 Å². The number of benzene rings is 1. The number of ether oxygens (including phenoxy) is 1. The molecule has 0 saturated heterocycles. The van der Waals surface area contributed by atoms with Gasteiger partial charge < -0.3 is 25.2 Å². The second-order valence-corrected chi connectivity index (χ2v) is 8.31. The highest BCUT2D eigenvalue weighted by Gasteiger charge is 2.32. The SMILES string of the molecule is O=C(O)[C@@H]1COC=CN1CC1=C(C#CCO)C(c2ccc(F)cc2Cl)N=C(c2nccs2)N1. The molecule has 0 aliphatic carbocycles. The van der Waals surface area contributed by atoms with E-state index in [0.29, 0.717) is 27.7 Å². The molecule has 4 rings (SSSR count). The monoisotopic (exact) mass is 488 g/mol. The smallest absolute Gasteiger partial charge is 0.329 e. The number of hydrogen-bond acceptors (Lipinski definition) is 8. The second-order valence-electron chi connectivity index (χ2n) is 7.01. The van der Waals surface area contributed by atoms with Crippen LogP contribution in [0.2, 0.25) is 5.02 Å². The fraction of sp³-hybridized carbons (Fsp3) is 0.227. The highest BCUT2D eigenvalue weighted by atomic mass is 35.5. The molecule has 1 aromatic carbocycles. The van der Waals surface area contributed by atoms with Gasteiger partial charge in [0, 0.05) is 28.4 Å². The van der Waals surface area contributed by atoms with Gasteiger partial charge in [0.25, 0.3) is 0 Å². The van der Waals surface area contributed by atoms with E-state index in [-0.39, 0.29) is 24.8 Å². The quantitative estimate of drug-likeness (QED) is 0.555. The minimum absolute atomic E-state index is 0.0165. The third kappa shape index (κ3) is 5.01. The largest absolute Gasteiger partial charge is 0.497 e. The maximum atomic E-state index is 13.7. The summed E-state index contributed by atoms with van der Waals surface area (Å²) in [6.07, 6.45) is 4.61. The Morgan fingerprint density at radius 2 is 2.30 bits per heavy atom. The molecule has 2 aliphatic heterocycles. The van der Waals surface area contributed by atoms with E-state index in [2.05, 4.69) is 22.1 Å². The molecule has 0 amide bonds. The lowest BCUT2D eigenvalue weighted by atomic mass is 9.95. The molecule has 2 aromatic rings. The molecule has 2 atom stereocenters. The molecule has 2 aliphatic rings. The van der Waals surface area contributed by atoms with Gasteiger partial charge in [0.15, 0.2) is 16.9 Å². The number of rotatable bonds is 5. The Hall–Kier alpha value is -3.39. The Morgan fingerprint density at radius 1 is 1.45 bits per heavy atom. The van der Waals surface area contributed by atoms with Gasteiger partial charge >= 0.3 is 5.97 Å². The molecule has 0 bridgehead atoms. The first kappa shape index (κ1) is 22.8. The Kier molecular flexibility index (Phi) is 6.93. The van der Waals surface area contributed by atoms with Gasteiger partial charge in [-0.1, -0.05) is 29.5 Å². The van der Waals surface area contributed by atoms with Crippen molar-refractivity contribution in [3.63, 3.8) is 0 Å². The van der Waals surface area contributed by atoms with Crippen molar-refractivity contribution in [3.05, 3.63) is 74.9 Å². The molecule has 0 saturated carbocycles. The van der Waals surface area contributed by atoms with E-state index in [1.807, 2.05) is 0 Å². The van der Waals surface area contributed by atoms with Crippen LogP contribution in [0.4, 0.5) is 4.39 Å². The number of amidine groups is 1. The first-order valence-corrected chi connectivity index (χ1v) is 11.0. The van der Waals surface area contributed by atoms with Crippen molar-refractivity contribution in [1.29, 1.82) is 0 Å². The van der Waals surface area contributed by atoms with Crippen molar-refractivity contribution in [2.24, 2.45) is 4.99 Å². The second kappa shape index (κ2) is 10.0. The molecule has 1 aromatic heterocycles. The summed E-state index contributed by atoms with van der Waals surface area (Å²) in [7, 11) is 0. The van der Waals surface area contributed by atoms with E-state index in [1.54, 1.807) is 22.7 Å². The van der Waals surface area contributed by atoms with Crippen LogP contribution in [-0.2, 0) is 9.53 Å². The standard InChI is InChI=1S/C22H18ClFN4O4S/c23-16-10-13(24)3-4-14(16)19-15(2-1-7-29)17(26-20(27-19)21-25-5-9-33-21)11-28-6-8-32-12-18(28)22(30)31/h3-6,8-10,18-19,29H,7,11-12H2,(H,26,27)(H,30,31)/t18-,19?/m0/s1. The van der Waals surface area contributed by atoms with Gasteiger partial charge in [0.2, 0.25) is 0 Å². The summed E-state index contributed by atoms with van der Waals surface area (Å²) in [5, 5.41) is 24.7. The maximum absolute atomic E-state index is 13.7. The summed E-state index contributed by atoms with van der Waals surface area (Å²) in [5.41, 5.74) is 1.54. The zero-order chi connectivity index (χ0) is 23.4. The van der Waals surface area contributed by atoms with Gasteiger partial charge in [-0.25, -0.2) is 14.2 Å². The predicted molar refractivity (Wildman–Crippen MR) is 121 cm³/mol. The number of carbonyl (C=O) groups is 1. The first-order chi connectivity index (χ1) is 16.0. The van der Waals surface area contributed by atoms with Crippen molar-refractivity contribution in [3.8, 4) is 11.8 Å². The third-order valence-corrected chi connectivity index (χ3v) is 6.06. The average molecular weight is 489 g/mol. The third-order valence-electron chi connectivity index (χ3n) is 4.95.